The summed E-state index contributed by atoms with van der Waals surface area (Å²) in [5.41, 5.74) is 2.65. The number of carbonyl (C=O) groups excluding carboxylic acids is 2. The number of carbonyl (C=O) groups is 2. The molecule has 1 N–H and O–H groups in total. The minimum atomic E-state index is -0.431. The summed E-state index contributed by atoms with van der Waals surface area (Å²) in [4.78, 5) is 36.7. The fourth-order valence-corrected chi connectivity index (χ4v) is 4.36. The molecule has 6 nitrogen and oxygen atoms in total. The van der Waals surface area contributed by atoms with Gasteiger partial charge in [-0.25, -0.2) is 9.89 Å². The fraction of sp³-hybridized carbons (Fsp3) is 0.304. The maximum Gasteiger partial charge on any atom is 0.259 e. The molecule has 0 saturated carbocycles. The molecule has 7 heteroatoms. The average molecular weight is 421 g/mol. The second-order valence-electron chi connectivity index (χ2n) is 7.69. The van der Waals surface area contributed by atoms with E-state index in [1.54, 1.807) is 4.90 Å². The highest BCUT2D eigenvalue weighted by Crippen LogP contribution is 2.35. The summed E-state index contributed by atoms with van der Waals surface area (Å²) in [6, 6.07) is 17.0. The molecule has 4 rings (SSSR count). The van der Waals surface area contributed by atoms with Gasteiger partial charge in [-0.2, -0.15) is 0 Å². The molecule has 0 radical (unpaired) electrons. The number of rotatable bonds is 5. The molecule has 154 valence electrons. The molecule has 0 fully saturated rings. The molecule has 0 spiro atoms. The van der Waals surface area contributed by atoms with Gasteiger partial charge in [-0.05, 0) is 30.5 Å². The largest absolute Gasteiger partial charge is 0.351 e. The SMILES string of the molecule is CC(C)[C@H]1N=C2c3ccccc3N=C(S[C@H](C)C(=O)NCc3ccccc3)N2C1=O. The Kier molecular flexibility index (Phi) is 5.72. The molecule has 0 aliphatic carbocycles. The van der Waals surface area contributed by atoms with E-state index in [0.717, 1.165) is 16.8 Å². The third kappa shape index (κ3) is 3.89. The number of amides is 2. The molecule has 2 atom stereocenters. The summed E-state index contributed by atoms with van der Waals surface area (Å²) < 4.78 is 0. The Morgan fingerprint density at radius 1 is 1.10 bits per heavy atom. The average Bonchev–Trinajstić information content (AvgIpc) is 3.11. The number of thioether (sulfide) groups is 1. The van der Waals surface area contributed by atoms with Crippen molar-refractivity contribution in [2.75, 3.05) is 0 Å². The summed E-state index contributed by atoms with van der Waals surface area (Å²) in [7, 11) is 0. The second kappa shape index (κ2) is 8.44. The van der Waals surface area contributed by atoms with Crippen LogP contribution in [-0.2, 0) is 16.1 Å². The fourth-order valence-electron chi connectivity index (χ4n) is 3.42. The second-order valence-corrected chi connectivity index (χ2v) is 9.00. The van der Waals surface area contributed by atoms with Crippen LogP contribution in [-0.4, -0.2) is 39.0 Å². The number of amidine groups is 2. The standard InChI is InChI=1S/C23H24N4O2S/c1-14(2)19-22(29)27-20(26-19)17-11-7-8-12-18(17)25-23(27)30-15(3)21(28)24-13-16-9-5-4-6-10-16/h4-12,14-15,19H,13H2,1-3H3,(H,24,28)/t15-,19-/m1/s1. The lowest BCUT2D eigenvalue weighted by Crippen LogP contribution is -2.43. The molecular formula is C23H24N4O2S. The van der Waals surface area contributed by atoms with E-state index in [2.05, 4.69) is 5.32 Å². The Balaban J connectivity index is 1.54. The Hall–Kier alpha value is -2.93. The first-order valence-electron chi connectivity index (χ1n) is 10.0. The van der Waals surface area contributed by atoms with Gasteiger partial charge < -0.3 is 5.32 Å². The van der Waals surface area contributed by atoms with Gasteiger partial charge in [0.05, 0.1) is 10.9 Å². The van der Waals surface area contributed by atoms with E-state index in [-0.39, 0.29) is 17.7 Å². The highest BCUT2D eigenvalue weighted by Gasteiger charge is 2.43. The van der Waals surface area contributed by atoms with Crippen LogP contribution in [0.2, 0.25) is 0 Å². The van der Waals surface area contributed by atoms with E-state index in [4.69, 9.17) is 9.98 Å². The van der Waals surface area contributed by atoms with Crippen molar-refractivity contribution in [3.05, 3.63) is 65.7 Å². The van der Waals surface area contributed by atoms with Crippen LogP contribution in [0.3, 0.4) is 0 Å². The molecular weight excluding hydrogens is 396 g/mol. The minimum Gasteiger partial charge on any atom is -0.351 e. The van der Waals surface area contributed by atoms with Gasteiger partial charge >= 0.3 is 0 Å². The maximum absolute atomic E-state index is 13.1. The lowest BCUT2D eigenvalue weighted by molar-refractivity contribution is -0.125. The van der Waals surface area contributed by atoms with Gasteiger partial charge in [0.15, 0.2) is 5.17 Å². The van der Waals surface area contributed by atoms with Crippen LogP contribution in [0.4, 0.5) is 5.69 Å². The zero-order chi connectivity index (χ0) is 21.3. The Morgan fingerprint density at radius 3 is 2.53 bits per heavy atom. The molecule has 2 aromatic carbocycles. The van der Waals surface area contributed by atoms with Gasteiger partial charge in [-0.1, -0.05) is 68.1 Å². The highest BCUT2D eigenvalue weighted by molar-refractivity contribution is 8.15. The third-order valence-corrected chi connectivity index (χ3v) is 6.14. The zero-order valence-electron chi connectivity index (χ0n) is 17.2. The smallest absolute Gasteiger partial charge is 0.259 e. The van der Waals surface area contributed by atoms with Crippen LogP contribution in [0.25, 0.3) is 0 Å². The first kappa shape index (κ1) is 20.3. The van der Waals surface area contributed by atoms with E-state index in [9.17, 15) is 9.59 Å². The van der Waals surface area contributed by atoms with E-state index < -0.39 is 11.3 Å². The predicted octanol–water partition coefficient (Wildman–Crippen LogP) is 3.74. The van der Waals surface area contributed by atoms with Crippen LogP contribution >= 0.6 is 11.8 Å². The zero-order valence-corrected chi connectivity index (χ0v) is 18.0. The normalized spacial score (nSPS) is 18.5. The number of nitrogens with one attached hydrogen (secondary N) is 1. The molecule has 2 heterocycles. The number of hydrogen-bond donors (Lipinski definition) is 1. The summed E-state index contributed by atoms with van der Waals surface area (Å²) >= 11 is 1.28. The lowest BCUT2D eigenvalue weighted by atomic mass is 10.1. The van der Waals surface area contributed by atoms with Crippen molar-refractivity contribution in [1.29, 1.82) is 0 Å². The summed E-state index contributed by atoms with van der Waals surface area (Å²) in [6.45, 7) is 6.26. The molecule has 0 unspecified atom stereocenters. The van der Waals surface area contributed by atoms with Crippen LogP contribution in [0.1, 0.15) is 31.9 Å². The number of fused-ring (bicyclic) bond motifs is 3. The quantitative estimate of drug-likeness (QED) is 0.801. The van der Waals surface area contributed by atoms with E-state index in [0.29, 0.717) is 17.5 Å². The van der Waals surface area contributed by atoms with Gasteiger partial charge in [0.1, 0.15) is 11.9 Å². The van der Waals surface area contributed by atoms with Crippen molar-refractivity contribution in [1.82, 2.24) is 10.2 Å². The Bertz CT molecular complexity index is 1030. The molecule has 2 aliphatic rings. The lowest BCUT2D eigenvalue weighted by Gasteiger charge is -2.27. The van der Waals surface area contributed by atoms with Gasteiger partial charge in [0.25, 0.3) is 5.91 Å². The van der Waals surface area contributed by atoms with E-state index >= 15 is 0 Å². The van der Waals surface area contributed by atoms with Crippen LogP contribution in [0, 0.1) is 5.92 Å². The molecule has 0 bridgehead atoms. The molecule has 2 aliphatic heterocycles. The Labute approximate surface area is 180 Å². The number of nitrogens with zero attached hydrogens (tertiary/aromatic N) is 3. The topological polar surface area (TPSA) is 74.1 Å². The van der Waals surface area contributed by atoms with Gasteiger partial charge in [0.2, 0.25) is 5.91 Å². The molecule has 0 saturated heterocycles. The minimum absolute atomic E-state index is 0.0839. The van der Waals surface area contributed by atoms with Crippen LogP contribution < -0.4 is 5.32 Å². The van der Waals surface area contributed by atoms with Crippen molar-refractivity contribution in [3.8, 4) is 0 Å². The number of para-hydroxylation sites is 1. The van der Waals surface area contributed by atoms with Crippen molar-refractivity contribution in [3.63, 3.8) is 0 Å². The molecule has 2 aromatic rings. The Morgan fingerprint density at radius 2 is 1.80 bits per heavy atom. The van der Waals surface area contributed by atoms with Gasteiger partial charge in [0, 0.05) is 12.1 Å². The van der Waals surface area contributed by atoms with Gasteiger partial charge in [-0.15, -0.1) is 0 Å². The van der Waals surface area contributed by atoms with E-state index in [1.807, 2.05) is 75.4 Å². The predicted molar refractivity (Wildman–Crippen MR) is 121 cm³/mol. The van der Waals surface area contributed by atoms with Crippen molar-refractivity contribution in [2.45, 2.75) is 38.6 Å². The van der Waals surface area contributed by atoms with Crippen LogP contribution in [0.15, 0.2) is 64.6 Å². The monoisotopic (exact) mass is 420 g/mol. The number of benzene rings is 2. The summed E-state index contributed by atoms with van der Waals surface area (Å²) in [5, 5.41) is 3.05. The molecule has 30 heavy (non-hydrogen) atoms. The summed E-state index contributed by atoms with van der Waals surface area (Å²) in [5.74, 6) is 0.526. The number of aliphatic imine (C=N–C) groups is 2. The maximum atomic E-state index is 13.1. The van der Waals surface area contributed by atoms with Gasteiger partial charge in [-0.3, -0.25) is 14.6 Å². The van der Waals surface area contributed by atoms with E-state index in [1.165, 1.54) is 11.8 Å². The first-order valence-corrected chi connectivity index (χ1v) is 10.9. The summed E-state index contributed by atoms with van der Waals surface area (Å²) in [6.07, 6.45) is 0. The third-order valence-electron chi connectivity index (χ3n) is 5.09. The van der Waals surface area contributed by atoms with Crippen LogP contribution in [0.5, 0.6) is 0 Å². The number of hydrogen-bond acceptors (Lipinski definition) is 5. The first-order chi connectivity index (χ1) is 14.5. The van der Waals surface area contributed by atoms with Crippen molar-refractivity contribution in [2.24, 2.45) is 15.9 Å². The highest BCUT2D eigenvalue weighted by atomic mass is 32.2. The molecule has 2 amide bonds. The van der Waals surface area contributed by atoms with Crippen molar-refractivity contribution >= 4 is 40.3 Å². The molecule has 0 aromatic heterocycles. The van der Waals surface area contributed by atoms with Crippen molar-refractivity contribution < 1.29 is 9.59 Å².